The number of nitrogens with zero attached hydrogens (tertiary/aromatic N) is 2. The van der Waals surface area contributed by atoms with E-state index in [4.69, 9.17) is 9.47 Å². The predicted octanol–water partition coefficient (Wildman–Crippen LogP) is 5.30. The first kappa shape index (κ1) is 23.4. The smallest absolute Gasteiger partial charge is 0.433 e. The maximum Gasteiger partial charge on any atom is 0.433 e. The summed E-state index contributed by atoms with van der Waals surface area (Å²) >= 11 is 0.831. The van der Waals surface area contributed by atoms with Gasteiger partial charge in [0.2, 0.25) is 5.91 Å². The lowest BCUT2D eigenvalue weighted by Gasteiger charge is -2.15. The van der Waals surface area contributed by atoms with Crippen molar-refractivity contribution in [3.8, 4) is 22.8 Å². The lowest BCUT2D eigenvalue weighted by Crippen LogP contribution is -2.23. The quantitative estimate of drug-likeness (QED) is 0.379. The third-order valence-corrected chi connectivity index (χ3v) is 5.34. The van der Waals surface area contributed by atoms with E-state index >= 15 is 0 Å². The molecule has 2 aromatic carbocycles. The molecule has 32 heavy (non-hydrogen) atoms. The number of nitrogens with one attached hydrogen (secondary N) is 1. The van der Waals surface area contributed by atoms with Crippen molar-refractivity contribution in [2.75, 3.05) is 19.5 Å². The largest absolute Gasteiger partial charge is 0.497 e. The Labute approximate surface area is 187 Å². The minimum Gasteiger partial charge on any atom is -0.497 e. The molecule has 0 fully saturated rings. The van der Waals surface area contributed by atoms with Crippen molar-refractivity contribution in [1.82, 2.24) is 9.97 Å². The highest BCUT2D eigenvalue weighted by Gasteiger charge is 2.34. The number of halogens is 3. The fourth-order valence-corrected chi connectivity index (χ4v) is 3.51. The lowest BCUT2D eigenvalue weighted by molar-refractivity contribution is -0.141. The number of benzene rings is 2. The minimum absolute atomic E-state index is 0.125. The van der Waals surface area contributed by atoms with Gasteiger partial charge in [0.05, 0.1) is 30.9 Å². The van der Waals surface area contributed by atoms with Gasteiger partial charge in [-0.05, 0) is 25.1 Å². The molecule has 0 spiro atoms. The molecule has 168 valence electrons. The fraction of sp³-hybridized carbons (Fsp3) is 0.227. The first-order chi connectivity index (χ1) is 15.2. The Morgan fingerprint density at radius 1 is 1.03 bits per heavy atom. The summed E-state index contributed by atoms with van der Waals surface area (Å²) in [7, 11) is 2.95. The number of hydrogen-bond donors (Lipinski definition) is 1. The predicted molar refractivity (Wildman–Crippen MR) is 116 cm³/mol. The van der Waals surface area contributed by atoms with Gasteiger partial charge < -0.3 is 14.8 Å². The van der Waals surface area contributed by atoms with E-state index in [1.807, 2.05) is 0 Å². The van der Waals surface area contributed by atoms with Gasteiger partial charge in [0.15, 0.2) is 5.16 Å². The molecule has 1 unspecified atom stereocenters. The molecule has 0 bridgehead atoms. The van der Waals surface area contributed by atoms with Gasteiger partial charge in [0.25, 0.3) is 0 Å². The molecule has 6 nitrogen and oxygen atoms in total. The number of carbonyl (C=O) groups excluding carboxylic acids is 1. The zero-order chi connectivity index (χ0) is 23.3. The molecule has 1 amide bonds. The lowest BCUT2D eigenvalue weighted by atomic mass is 10.1. The minimum atomic E-state index is -4.65. The Balaban J connectivity index is 1.83. The average Bonchev–Trinajstić information content (AvgIpc) is 2.79. The van der Waals surface area contributed by atoms with E-state index in [0.29, 0.717) is 22.7 Å². The molecule has 0 aliphatic rings. The summed E-state index contributed by atoms with van der Waals surface area (Å²) < 4.78 is 50.5. The molecule has 0 saturated carbocycles. The highest BCUT2D eigenvalue weighted by molar-refractivity contribution is 8.00. The number of anilines is 1. The second-order valence-electron chi connectivity index (χ2n) is 6.60. The summed E-state index contributed by atoms with van der Waals surface area (Å²) in [5.74, 6) is 0.491. The molecule has 1 heterocycles. The van der Waals surface area contributed by atoms with Crippen LogP contribution in [-0.4, -0.2) is 35.3 Å². The summed E-state index contributed by atoms with van der Waals surface area (Å²) in [5.41, 5.74) is -0.0267. The Hall–Kier alpha value is -3.27. The van der Waals surface area contributed by atoms with Crippen LogP contribution in [0.3, 0.4) is 0 Å². The van der Waals surface area contributed by atoms with Crippen molar-refractivity contribution < 1.29 is 27.4 Å². The molecule has 0 saturated heterocycles. The Morgan fingerprint density at radius 2 is 1.75 bits per heavy atom. The van der Waals surface area contributed by atoms with E-state index in [9.17, 15) is 18.0 Å². The number of thioether (sulfide) groups is 1. The molecular formula is C22H20F3N3O3S. The molecule has 1 N–H and O–H groups in total. The summed E-state index contributed by atoms with van der Waals surface area (Å²) in [4.78, 5) is 20.5. The van der Waals surface area contributed by atoms with Gasteiger partial charge in [-0.3, -0.25) is 4.79 Å². The second kappa shape index (κ2) is 9.90. The third-order valence-electron chi connectivity index (χ3n) is 4.38. The first-order valence-corrected chi connectivity index (χ1v) is 10.3. The molecule has 0 aliphatic carbocycles. The van der Waals surface area contributed by atoms with Crippen molar-refractivity contribution >= 4 is 23.4 Å². The number of hydrogen-bond acceptors (Lipinski definition) is 6. The second-order valence-corrected chi connectivity index (χ2v) is 7.91. The average molecular weight is 463 g/mol. The van der Waals surface area contributed by atoms with Crippen molar-refractivity contribution in [2.45, 2.75) is 23.5 Å². The fourth-order valence-electron chi connectivity index (χ4n) is 2.73. The van der Waals surface area contributed by atoms with E-state index in [0.717, 1.165) is 17.8 Å². The Kier molecular flexibility index (Phi) is 7.24. The van der Waals surface area contributed by atoms with E-state index in [1.54, 1.807) is 55.5 Å². The van der Waals surface area contributed by atoms with Gasteiger partial charge in [0, 0.05) is 11.6 Å². The van der Waals surface area contributed by atoms with Gasteiger partial charge in [0.1, 0.15) is 17.2 Å². The molecule has 3 aromatic rings. The van der Waals surface area contributed by atoms with Crippen LogP contribution in [0.4, 0.5) is 18.9 Å². The topological polar surface area (TPSA) is 73.3 Å². The molecule has 0 radical (unpaired) electrons. The molecule has 3 rings (SSSR count). The van der Waals surface area contributed by atoms with Crippen molar-refractivity contribution in [1.29, 1.82) is 0 Å². The van der Waals surface area contributed by atoms with Crippen LogP contribution in [0.5, 0.6) is 11.5 Å². The van der Waals surface area contributed by atoms with E-state index < -0.39 is 23.0 Å². The molecule has 1 aromatic heterocycles. The van der Waals surface area contributed by atoms with Crippen LogP contribution in [0.25, 0.3) is 11.3 Å². The van der Waals surface area contributed by atoms with Crippen LogP contribution in [0, 0.1) is 0 Å². The maximum absolute atomic E-state index is 13.4. The summed E-state index contributed by atoms with van der Waals surface area (Å²) in [6, 6.07) is 14.2. The number of rotatable bonds is 7. The van der Waals surface area contributed by atoms with E-state index in [1.165, 1.54) is 14.2 Å². The van der Waals surface area contributed by atoms with Crippen LogP contribution in [0.1, 0.15) is 12.6 Å². The summed E-state index contributed by atoms with van der Waals surface area (Å²) in [6.45, 7) is 1.56. The van der Waals surface area contributed by atoms with Crippen LogP contribution >= 0.6 is 11.8 Å². The van der Waals surface area contributed by atoms with Crippen LogP contribution in [-0.2, 0) is 11.0 Å². The third kappa shape index (κ3) is 5.70. The van der Waals surface area contributed by atoms with Gasteiger partial charge >= 0.3 is 6.18 Å². The van der Waals surface area contributed by atoms with Crippen molar-refractivity contribution in [3.05, 3.63) is 60.3 Å². The van der Waals surface area contributed by atoms with Gasteiger partial charge in [-0.2, -0.15) is 13.2 Å². The SMILES string of the molecule is COc1ccc(NC(=O)C(C)Sc2nc(-c3ccccc3)cc(C(F)(F)F)n2)c(OC)c1. The van der Waals surface area contributed by atoms with Gasteiger partial charge in [-0.1, -0.05) is 42.1 Å². The number of amides is 1. The normalized spacial score (nSPS) is 12.2. The van der Waals surface area contributed by atoms with Crippen molar-refractivity contribution in [3.63, 3.8) is 0 Å². The first-order valence-electron chi connectivity index (χ1n) is 9.42. The zero-order valence-electron chi connectivity index (χ0n) is 17.4. The molecular weight excluding hydrogens is 443 g/mol. The number of ether oxygens (including phenoxy) is 2. The van der Waals surface area contributed by atoms with Crippen molar-refractivity contribution in [2.24, 2.45) is 0 Å². The number of aromatic nitrogens is 2. The van der Waals surface area contributed by atoms with Gasteiger partial charge in [-0.15, -0.1) is 0 Å². The highest BCUT2D eigenvalue weighted by Crippen LogP contribution is 2.34. The Morgan fingerprint density at radius 3 is 2.38 bits per heavy atom. The highest BCUT2D eigenvalue weighted by atomic mass is 32.2. The van der Waals surface area contributed by atoms with Crippen LogP contribution in [0.2, 0.25) is 0 Å². The zero-order valence-corrected chi connectivity index (χ0v) is 18.3. The van der Waals surface area contributed by atoms with Crippen LogP contribution in [0.15, 0.2) is 59.8 Å². The molecule has 1 atom stereocenters. The Bertz CT molecular complexity index is 1090. The molecule has 10 heteroatoms. The maximum atomic E-state index is 13.4. The van der Waals surface area contributed by atoms with E-state index in [2.05, 4.69) is 15.3 Å². The standard InChI is InChI=1S/C22H20F3N3O3S/c1-13(20(29)26-16-10-9-15(30-2)11-18(16)31-3)32-21-27-17(14-7-5-4-6-8-14)12-19(28-21)22(23,24)25/h4-13H,1-3H3,(H,26,29). The summed E-state index contributed by atoms with van der Waals surface area (Å²) in [5, 5.41) is 1.77. The monoisotopic (exact) mass is 463 g/mol. The van der Waals surface area contributed by atoms with E-state index in [-0.39, 0.29) is 10.9 Å². The van der Waals surface area contributed by atoms with Crippen LogP contribution < -0.4 is 14.8 Å². The number of alkyl halides is 3. The summed E-state index contributed by atoms with van der Waals surface area (Å²) in [6.07, 6.45) is -4.65. The van der Waals surface area contributed by atoms with Gasteiger partial charge in [-0.25, -0.2) is 9.97 Å². The number of methoxy groups -OCH3 is 2. The molecule has 0 aliphatic heterocycles. The number of carbonyl (C=O) groups is 1.